The number of hydrogen-bond acceptors (Lipinski definition) is 8. The first-order valence-corrected chi connectivity index (χ1v) is 13.2. The molecule has 0 aliphatic carbocycles. The predicted molar refractivity (Wildman–Crippen MR) is 149 cm³/mol. The number of nitrogens with one attached hydrogen (secondary N) is 1. The summed E-state index contributed by atoms with van der Waals surface area (Å²) < 4.78 is 11.6. The first-order valence-electron chi connectivity index (χ1n) is 13.2. The van der Waals surface area contributed by atoms with Crippen LogP contribution in [0.4, 0.5) is 17.5 Å². The van der Waals surface area contributed by atoms with E-state index in [0.29, 0.717) is 23.1 Å². The predicted octanol–water partition coefficient (Wildman–Crippen LogP) is 4.04. The largest absolute Gasteiger partial charge is 0.383 e. The number of amides is 1. The Kier molecular flexibility index (Phi) is 6.18. The SMILES string of the molecule is Cc1nn(CC(N)=O)cc1Nc1nc(N)c2c(-c3cccc4c3cnn4C3CCCCO3)cn(C(C)C)c2n1. The average molecular weight is 529 g/mol. The highest BCUT2D eigenvalue weighted by molar-refractivity contribution is 6.07. The molecule has 39 heavy (non-hydrogen) atoms. The van der Waals surface area contributed by atoms with Gasteiger partial charge in [0.05, 0.1) is 28.5 Å². The van der Waals surface area contributed by atoms with Gasteiger partial charge in [-0.05, 0) is 51.7 Å². The van der Waals surface area contributed by atoms with Crippen molar-refractivity contribution < 1.29 is 9.53 Å². The van der Waals surface area contributed by atoms with Crippen molar-refractivity contribution in [1.82, 2.24) is 34.1 Å². The number of ether oxygens (including phenoxy) is 1. The number of nitrogen functional groups attached to an aromatic ring is 1. The van der Waals surface area contributed by atoms with Crippen molar-refractivity contribution in [1.29, 1.82) is 0 Å². The number of anilines is 3. The van der Waals surface area contributed by atoms with Gasteiger partial charge in [-0.2, -0.15) is 20.2 Å². The van der Waals surface area contributed by atoms with E-state index in [1.165, 1.54) is 4.68 Å². The number of hydrogen-bond donors (Lipinski definition) is 3. The lowest BCUT2D eigenvalue weighted by molar-refractivity contribution is -0.118. The monoisotopic (exact) mass is 528 g/mol. The minimum atomic E-state index is -0.472. The first kappa shape index (κ1) is 24.9. The molecule has 1 aliphatic heterocycles. The lowest BCUT2D eigenvalue weighted by Crippen LogP contribution is -2.18. The molecule has 5 aromatic rings. The number of fused-ring (bicyclic) bond motifs is 2. The lowest BCUT2D eigenvalue weighted by atomic mass is 10.0. The Labute approximate surface area is 224 Å². The molecule has 1 amide bonds. The zero-order valence-electron chi connectivity index (χ0n) is 22.3. The van der Waals surface area contributed by atoms with Crippen molar-refractivity contribution in [2.75, 3.05) is 17.7 Å². The molecular weight excluding hydrogens is 496 g/mol. The van der Waals surface area contributed by atoms with Gasteiger partial charge in [-0.15, -0.1) is 0 Å². The number of aryl methyl sites for hydroxylation is 1. The fraction of sp³-hybridized carbons (Fsp3) is 0.370. The van der Waals surface area contributed by atoms with Crippen molar-refractivity contribution in [3.05, 3.63) is 42.5 Å². The molecule has 1 fully saturated rings. The number of nitrogens with zero attached hydrogens (tertiary/aromatic N) is 7. The summed E-state index contributed by atoms with van der Waals surface area (Å²) in [6, 6.07) is 6.32. The van der Waals surface area contributed by atoms with E-state index in [2.05, 4.69) is 52.1 Å². The van der Waals surface area contributed by atoms with E-state index in [9.17, 15) is 4.79 Å². The molecule has 1 unspecified atom stereocenters. The van der Waals surface area contributed by atoms with Gasteiger partial charge < -0.3 is 26.1 Å². The second kappa shape index (κ2) is 9.70. The van der Waals surface area contributed by atoms with Crippen molar-refractivity contribution in [3.8, 4) is 11.1 Å². The number of aromatic nitrogens is 7. The number of rotatable bonds is 7. The molecule has 5 N–H and O–H groups in total. The summed E-state index contributed by atoms with van der Waals surface area (Å²) in [6.07, 6.45) is 8.80. The van der Waals surface area contributed by atoms with E-state index < -0.39 is 5.91 Å². The lowest BCUT2D eigenvalue weighted by Gasteiger charge is -2.23. The minimum absolute atomic E-state index is 0.0148. The molecule has 202 valence electrons. The normalized spacial score (nSPS) is 15.9. The highest BCUT2D eigenvalue weighted by Gasteiger charge is 2.23. The van der Waals surface area contributed by atoms with Gasteiger partial charge in [-0.1, -0.05) is 12.1 Å². The molecule has 12 heteroatoms. The maximum Gasteiger partial charge on any atom is 0.239 e. The molecule has 1 atom stereocenters. The van der Waals surface area contributed by atoms with Crippen LogP contribution < -0.4 is 16.8 Å². The van der Waals surface area contributed by atoms with E-state index in [1.807, 2.05) is 23.9 Å². The standard InChI is InChI=1S/C27H32N10O2/c1-15(2)36-12-19(17-7-6-8-21-18(17)11-30-37(21)23-9-4-5-10-39-23)24-25(29)32-27(33-26(24)36)31-20-13-35(14-22(28)38)34-16(20)3/h6-8,11-13,15,23H,4-5,9-10,14H2,1-3H3,(H2,28,38)(H3,29,31,32,33). The van der Waals surface area contributed by atoms with E-state index >= 15 is 0 Å². The molecular formula is C27H32N10O2. The van der Waals surface area contributed by atoms with Crippen LogP contribution in [0.2, 0.25) is 0 Å². The minimum Gasteiger partial charge on any atom is -0.383 e. The van der Waals surface area contributed by atoms with Gasteiger partial charge >= 0.3 is 0 Å². The Hall–Kier alpha value is -4.45. The molecule has 1 aromatic carbocycles. The Morgan fingerprint density at radius 2 is 2.05 bits per heavy atom. The van der Waals surface area contributed by atoms with Crippen LogP contribution in [0.5, 0.6) is 0 Å². The number of nitrogens with two attached hydrogens (primary N) is 2. The van der Waals surface area contributed by atoms with Crippen LogP contribution in [0.3, 0.4) is 0 Å². The van der Waals surface area contributed by atoms with Crippen LogP contribution in [0.1, 0.15) is 51.1 Å². The van der Waals surface area contributed by atoms with Crippen molar-refractivity contribution in [2.24, 2.45) is 5.73 Å². The topological polar surface area (TPSA) is 157 Å². The molecule has 5 heterocycles. The van der Waals surface area contributed by atoms with Crippen molar-refractivity contribution in [2.45, 2.75) is 58.8 Å². The van der Waals surface area contributed by atoms with E-state index in [4.69, 9.17) is 26.3 Å². The van der Waals surface area contributed by atoms with Crippen molar-refractivity contribution >= 4 is 45.3 Å². The summed E-state index contributed by atoms with van der Waals surface area (Å²) in [5.74, 6) is 0.230. The third-order valence-electron chi connectivity index (χ3n) is 7.13. The smallest absolute Gasteiger partial charge is 0.239 e. The molecule has 1 saturated heterocycles. The second-order valence-electron chi connectivity index (χ2n) is 10.2. The maximum absolute atomic E-state index is 11.3. The van der Waals surface area contributed by atoms with Gasteiger partial charge in [0.25, 0.3) is 0 Å². The van der Waals surface area contributed by atoms with E-state index in [-0.39, 0.29) is 18.8 Å². The van der Waals surface area contributed by atoms with E-state index in [1.54, 1.807) is 6.20 Å². The van der Waals surface area contributed by atoms with Crippen LogP contribution >= 0.6 is 0 Å². The van der Waals surface area contributed by atoms with Crippen LogP contribution in [-0.4, -0.2) is 46.6 Å². The number of carbonyl (C=O) groups is 1. The van der Waals surface area contributed by atoms with Gasteiger partial charge in [0.1, 0.15) is 18.0 Å². The summed E-state index contributed by atoms with van der Waals surface area (Å²) in [6.45, 7) is 6.77. The quantitative estimate of drug-likeness (QED) is 0.286. The molecule has 0 saturated carbocycles. The Morgan fingerprint density at radius 1 is 1.21 bits per heavy atom. The van der Waals surface area contributed by atoms with Crippen LogP contribution in [0.25, 0.3) is 33.1 Å². The van der Waals surface area contributed by atoms with Gasteiger partial charge in [0.2, 0.25) is 11.9 Å². The second-order valence-corrected chi connectivity index (χ2v) is 10.2. The fourth-order valence-electron chi connectivity index (χ4n) is 5.28. The Morgan fingerprint density at radius 3 is 2.79 bits per heavy atom. The summed E-state index contributed by atoms with van der Waals surface area (Å²) in [7, 11) is 0. The van der Waals surface area contributed by atoms with Gasteiger partial charge in [0.15, 0.2) is 6.23 Å². The fourth-order valence-corrected chi connectivity index (χ4v) is 5.28. The number of primary amides is 1. The molecule has 6 rings (SSSR count). The highest BCUT2D eigenvalue weighted by Crippen LogP contribution is 2.39. The summed E-state index contributed by atoms with van der Waals surface area (Å²) >= 11 is 0. The number of carbonyl (C=O) groups excluding carboxylic acids is 1. The molecule has 0 radical (unpaired) electrons. The van der Waals surface area contributed by atoms with Crippen LogP contribution in [0, 0.1) is 6.92 Å². The zero-order valence-corrected chi connectivity index (χ0v) is 22.3. The number of benzene rings is 1. The zero-order chi connectivity index (χ0) is 27.3. The van der Waals surface area contributed by atoms with Crippen LogP contribution in [-0.2, 0) is 16.1 Å². The average Bonchev–Trinajstić information content (AvgIpc) is 3.59. The molecule has 1 aliphatic rings. The summed E-state index contributed by atoms with van der Waals surface area (Å²) in [4.78, 5) is 20.8. The van der Waals surface area contributed by atoms with Gasteiger partial charge in [0, 0.05) is 36.0 Å². The molecule has 4 aromatic heterocycles. The molecule has 0 spiro atoms. The molecule has 0 bridgehead atoms. The third-order valence-corrected chi connectivity index (χ3v) is 7.13. The maximum atomic E-state index is 11.3. The van der Waals surface area contributed by atoms with E-state index in [0.717, 1.165) is 58.9 Å². The first-order chi connectivity index (χ1) is 18.8. The van der Waals surface area contributed by atoms with Crippen LogP contribution in [0.15, 0.2) is 36.8 Å². The molecule has 12 nitrogen and oxygen atoms in total. The van der Waals surface area contributed by atoms with Crippen molar-refractivity contribution in [3.63, 3.8) is 0 Å². The third kappa shape index (κ3) is 4.46. The Bertz CT molecular complexity index is 1690. The highest BCUT2D eigenvalue weighted by atomic mass is 16.5. The summed E-state index contributed by atoms with van der Waals surface area (Å²) in [5, 5.41) is 14.1. The van der Waals surface area contributed by atoms with Gasteiger partial charge in [-0.25, -0.2) is 4.68 Å². The van der Waals surface area contributed by atoms with Gasteiger partial charge in [-0.3, -0.25) is 9.48 Å². The summed E-state index contributed by atoms with van der Waals surface area (Å²) in [5.41, 5.74) is 17.0. The Balaban J connectivity index is 1.44.